The molecule has 0 saturated heterocycles. The van der Waals surface area contributed by atoms with Gasteiger partial charge in [-0.15, -0.1) is 0 Å². The van der Waals surface area contributed by atoms with Gasteiger partial charge in [-0.05, 0) is 30.5 Å². The second-order valence-corrected chi connectivity index (χ2v) is 9.31. The van der Waals surface area contributed by atoms with Crippen LogP contribution in [0.5, 0.6) is 0 Å². The van der Waals surface area contributed by atoms with Gasteiger partial charge < -0.3 is 0 Å². The van der Waals surface area contributed by atoms with E-state index in [0.717, 1.165) is 40.6 Å². The molecule has 8 heteroatoms. The van der Waals surface area contributed by atoms with E-state index in [2.05, 4.69) is 15.1 Å². The number of hydrogen-bond acceptors (Lipinski definition) is 5. The van der Waals surface area contributed by atoms with Crippen LogP contribution in [-0.2, 0) is 30.0 Å². The molecule has 0 unspecified atom stereocenters. The van der Waals surface area contributed by atoms with E-state index in [9.17, 15) is 8.42 Å². The first kappa shape index (κ1) is 15.9. The molecule has 1 saturated carbocycles. The molecule has 3 aromatic heterocycles. The van der Waals surface area contributed by atoms with Crippen molar-refractivity contribution < 1.29 is 8.42 Å². The van der Waals surface area contributed by atoms with Crippen LogP contribution in [0.3, 0.4) is 0 Å². The second kappa shape index (κ2) is 5.59. The van der Waals surface area contributed by atoms with Crippen LogP contribution in [-0.4, -0.2) is 44.3 Å². The minimum atomic E-state index is -3.15. The summed E-state index contributed by atoms with van der Waals surface area (Å²) in [5, 5.41) is 4.96. The molecule has 0 amide bonds. The van der Waals surface area contributed by atoms with E-state index in [1.54, 1.807) is 15.2 Å². The van der Waals surface area contributed by atoms with Gasteiger partial charge in [0.05, 0.1) is 11.4 Å². The molecule has 0 aromatic carbocycles. The van der Waals surface area contributed by atoms with Crippen LogP contribution in [0.2, 0.25) is 0 Å². The smallest absolute Gasteiger partial charge is 0.217 e. The Hall–Kier alpha value is -2.32. The number of sulfonamides is 1. The van der Waals surface area contributed by atoms with E-state index in [1.165, 1.54) is 0 Å². The van der Waals surface area contributed by atoms with Crippen LogP contribution in [0.1, 0.15) is 24.1 Å². The average Bonchev–Trinajstić information content (AvgIpc) is 3.41. The van der Waals surface area contributed by atoms with Gasteiger partial charge in [-0.1, -0.05) is 0 Å². The zero-order valence-corrected chi connectivity index (χ0v) is 15.3. The molecular weight excluding hydrogens is 350 g/mol. The predicted octanol–water partition coefficient (Wildman–Crippen LogP) is 1.88. The molecule has 4 heterocycles. The molecule has 5 rings (SSSR count). The van der Waals surface area contributed by atoms with Gasteiger partial charge in [-0.3, -0.25) is 4.68 Å². The summed E-state index contributed by atoms with van der Waals surface area (Å²) in [6.07, 6.45) is 7.78. The summed E-state index contributed by atoms with van der Waals surface area (Å²) < 4.78 is 28.5. The lowest BCUT2D eigenvalue weighted by Crippen LogP contribution is -2.38. The Kier molecular flexibility index (Phi) is 3.42. The Bertz CT molecular complexity index is 1120. The van der Waals surface area contributed by atoms with Crippen molar-refractivity contribution in [2.45, 2.75) is 31.1 Å². The maximum Gasteiger partial charge on any atom is 0.217 e. The first-order valence-corrected chi connectivity index (χ1v) is 10.3. The number of pyridine rings is 2. The van der Waals surface area contributed by atoms with Gasteiger partial charge in [0.1, 0.15) is 0 Å². The van der Waals surface area contributed by atoms with Crippen molar-refractivity contribution in [3.8, 4) is 11.1 Å². The highest BCUT2D eigenvalue weighted by atomic mass is 32.2. The van der Waals surface area contributed by atoms with Gasteiger partial charge in [0, 0.05) is 61.2 Å². The first-order valence-electron chi connectivity index (χ1n) is 8.77. The number of fused-ring (bicyclic) bond motifs is 2. The molecule has 1 aliphatic heterocycles. The average molecular weight is 369 g/mol. The molecular formula is C18H19N5O2S. The van der Waals surface area contributed by atoms with E-state index in [1.807, 2.05) is 31.6 Å². The Morgan fingerprint density at radius 1 is 1.15 bits per heavy atom. The van der Waals surface area contributed by atoms with Gasteiger partial charge in [0.15, 0.2) is 5.65 Å². The Balaban J connectivity index is 1.53. The van der Waals surface area contributed by atoms with Gasteiger partial charge >= 0.3 is 0 Å². The topological polar surface area (TPSA) is 81.0 Å². The van der Waals surface area contributed by atoms with Crippen LogP contribution in [0.25, 0.3) is 22.2 Å². The third kappa shape index (κ3) is 2.60. The number of aryl methyl sites for hydroxylation is 1. The molecule has 0 bridgehead atoms. The van der Waals surface area contributed by atoms with Crippen molar-refractivity contribution >= 4 is 21.1 Å². The SMILES string of the molecule is Cn1cc(-c2cnc3nc4c(cc3c2)CN(S(=O)(=O)C2CC2)CC4)cn1. The van der Waals surface area contributed by atoms with E-state index in [0.29, 0.717) is 25.2 Å². The zero-order chi connectivity index (χ0) is 17.9. The number of aromatic nitrogens is 4. The van der Waals surface area contributed by atoms with Crippen molar-refractivity contribution in [3.63, 3.8) is 0 Å². The van der Waals surface area contributed by atoms with Crippen molar-refractivity contribution in [2.24, 2.45) is 7.05 Å². The number of hydrogen-bond donors (Lipinski definition) is 0. The first-order chi connectivity index (χ1) is 12.5. The van der Waals surface area contributed by atoms with E-state index in [4.69, 9.17) is 0 Å². The lowest BCUT2D eigenvalue weighted by molar-refractivity contribution is 0.387. The summed E-state index contributed by atoms with van der Waals surface area (Å²) in [4.78, 5) is 9.18. The highest BCUT2D eigenvalue weighted by Crippen LogP contribution is 2.34. The largest absolute Gasteiger partial charge is 0.275 e. The van der Waals surface area contributed by atoms with Crippen molar-refractivity contribution in [2.75, 3.05) is 6.54 Å². The van der Waals surface area contributed by atoms with Crippen molar-refractivity contribution in [1.29, 1.82) is 0 Å². The predicted molar refractivity (Wildman–Crippen MR) is 97.8 cm³/mol. The maximum atomic E-state index is 12.5. The van der Waals surface area contributed by atoms with Crippen LogP contribution in [0.15, 0.2) is 30.7 Å². The molecule has 0 radical (unpaired) electrons. The molecule has 7 nitrogen and oxygen atoms in total. The van der Waals surface area contributed by atoms with Crippen molar-refractivity contribution in [1.82, 2.24) is 24.1 Å². The fraction of sp³-hybridized carbons (Fsp3) is 0.389. The lowest BCUT2D eigenvalue weighted by atomic mass is 10.0. The van der Waals surface area contributed by atoms with Gasteiger partial charge in [0.25, 0.3) is 0 Å². The highest BCUT2D eigenvalue weighted by Gasteiger charge is 2.41. The molecule has 3 aromatic rings. The monoisotopic (exact) mass is 369 g/mol. The summed E-state index contributed by atoms with van der Waals surface area (Å²) in [6, 6.07) is 4.08. The maximum absolute atomic E-state index is 12.5. The molecule has 26 heavy (non-hydrogen) atoms. The summed E-state index contributed by atoms with van der Waals surface area (Å²) in [6.45, 7) is 0.923. The Morgan fingerprint density at radius 2 is 2.00 bits per heavy atom. The standard InChI is InChI=1S/C18H19N5O2S/c1-22-10-15(9-20-22)13-6-12-7-14-11-23(26(24,25)16-2-3-16)5-4-17(14)21-18(12)19-8-13/h6-10,16H,2-5,11H2,1H3. The highest BCUT2D eigenvalue weighted by molar-refractivity contribution is 7.90. The van der Waals surface area contributed by atoms with Gasteiger partial charge in [0.2, 0.25) is 10.0 Å². The molecule has 1 fully saturated rings. The minimum absolute atomic E-state index is 0.170. The third-order valence-corrected chi connectivity index (χ3v) is 7.47. The molecule has 0 N–H and O–H groups in total. The molecule has 2 aliphatic rings. The fourth-order valence-corrected chi connectivity index (χ4v) is 5.34. The minimum Gasteiger partial charge on any atom is -0.275 e. The summed E-state index contributed by atoms with van der Waals surface area (Å²) in [7, 11) is -1.27. The van der Waals surface area contributed by atoms with E-state index < -0.39 is 10.0 Å². The van der Waals surface area contributed by atoms with Crippen LogP contribution in [0, 0.1) is 0 Å². The Morgan fingerprint density at radius 3 is 2.73 bits per heavy atom. The van der Waals surface area contributed by atoms with Crippen LogP contribution >= 0.6 is 0 Å². The normalized spacial score (nSPS) is 18.2. The lowest BCUT2D eigenvalue weighted by Gasteiger charge is -2.27. The van der Waals surface area contributed by atoms with E-state index >= 15 is 0 Å². The number of nitrogens with zero attached hydrogens (tertiary/aromatic N) is 5. The zero-order valence-electron chi connectivity index (χ0n) is 14.5. The second-order valence-electron chi connectivity index (χ2n) is 7.10. The summed E-state index contributed by atoms with van der Waals surface area (Å²) >= 11 is 0. The van der Waals surface area contributed by atoms with E-state index in [-0.39, 0.29) is 5.25 Å². The molecule has 134 valence electrons. The summed E-state index contributed by atoms with van der Waals surface area (Å²) in [5.41, 5.74) is 4.62. The van der Waals surface area contributed by atoms with Gasteiger partial charge in [-0.25, -0.2) is 18.4 Å². The van der Waals surface area contributed by atoms with Crippen molar-refractivity contribution in [3.05, 3.63) is 42.0 Å². The van der Waals surface area contributed by atoms with Crippen LogP contribution in [0.4, 0.5) is 0 Å². The molecule has 0 spiro atoms. The third-order valence-electron chi connectivity index (χ3n) is 5.12. The van der Waals surface area contributed by atoms with Gasteiger partial charge in [-0.2, -0.15) is 9.40 Å². The molecule has 1 aliphatic carbocycles. The summed E-state index contributed by atoms with van der Waals surface area (Å²) in [5.74, 6) is 0. The Labute approximate surface area is 151 Å². The molecule has 0 atom stereocenters. The fourth-order valence-electron chi connectivity index (χ4n) is 3.52. The van der Waals surface area contributed by atoms with Crippen LogP contribution < -0.4 is 0 Å². The quantitative estimate of drug-likeness (QED) is 0.704. The number of rotatable bonds is 3.